The zero-order chi connectivity index (χ0) is 24.9. The Morgan fingerprint density at radius 3 is 1.29 bits per heavy atom. The van der Waals surface area contributed by atoms with Crippen LogP contribution in [0.5, 0.6) is 11.5 Å². The van der Waals surface area contributed by atoms with Crippen molar-refractivity contribution >= 4 is 23.7 Å². The first-order chi connectivity index (χ1) is 16.8. The molecule has 4 aromatic rings. The fourth-order valence-electron chi connectivity index (χ4n) is 3.81. The van der Waals surface area contributed by atoms with E-state index in [1.807, 2.05) is 60.7 Å². The maximum absolute atomic E-state index is 11.7. The third kappa shape index (κ3) is 5.31. The van der Waals surface area contributed by atoms with Gasteiger partial charge in [-0.05, 0) is 47.2 Å². The minimum Gasteiger partial charge on any atom is -0.506 e. The van der Waals surface area contributed by atoms with Crippen LogP contribution in [0.1, 0.15) is 43.0 Å². The highest BCUT2D eigenvalue weighted by Gasteiger charge is 2.23. The van der Waals surface area contributed by atoms with Crippen LogP contribution in [0.15, 0.2) is 94.7 Å². The highest BCUT2D eigenvalue weighted by molar-refractivity contribution is 7.99. The van der Waals surface area contributed by atoms with E-state index in [9.17, 15) is 30.0 Å². The number of carbonyl (C=O) groups is 2. The van der Waals surface area contributed by atoms with Crippen LogP contribution < -0.4 is 0 Å². The Kier molecular flexibility index (Phi) is 7.08. The summed E-state index contributed by atoms with van der Waals surface area (Å²) in [6, 6.07) is 24.9. The number of carboxylic acid groups (broad SMARTS) is 2. The number of carboxylic acids is 2. The SMILES string of the molecule is O=C(O)c1ccc(Cc2ccccc2)c(Sc2c(Cc3ccccc3)ccc(C(=O)O)c2O)c1O. The predicted octanol–water partition coefficient (Wildman–Crippen LogP) is 5.83. The summed E-state index contributed by atoms with van der Waals surface area (Å²) in [5.74, 6) is -3.43. The second kappa shape index (κ2) is 10.4. The number of hydrogen-bond donors (Lipinski definition) is 4. The topological polar surface area (TPSA) is 115 Å². The minimum atomic E-state index is -1.29. The van der Waals surface area contributed by atoms with E-state index in [-0.39, 0.29) is 20.9 Å². The predicted molar refractivity (Wildman–Crippen MR) is 133 cm³/mol. The molecule has 4 aromatic carbocycles. The molecule has 0 heterocycles. The molecule has 0 saturated heterocycles. The van der Waals surface area contributed by atoms with Crippen molar-refractivity contribution < 1.29 is 30.0 Å². The minimum absolute atomic E-state index is 0.251. The summed E-state index contributed by atoms with van der Waals surface area (Å²) < 4.78 is 0. The lowest BCUT2D eigenvalue weighted by Gasteiger charge is -2.17. The van der Waals surface area contributed by atoms with E-state index in [0.29, 0.717) is 24.0 Å². The zero-order valence-corrected chi connectivity index (χ0v) is 19.3. The van der Waals surface area contributed by atoms with E-state index in [4.69, 9.17) is 0 Å². The van der Waals surface area contributed by atoms with Gasteiger partial charge < -0.3 is 20.4 Å². The number of phenols is 2. The first kappa shape index (κ1) is 23.9. The molecule has 0 radical (unpaired) electrons. The molecule has 0 fully saturated rings. The summed E-state index contributed by atoms with van der Waals surface area (Å²) in [6.45, 7) is 0. The van der Waals surface area contributed by atoms with Crippen molar-refractivity contribution in [1.29, 1.82) is 0 Å². The molecule has 0 aliphatic carbocycles. The van der Waals surface area contributed by atoms with Gasteiger partial charge in [0.25, 0.3) is 0 Å². The Labute approximate surface area is 206 Å². The second-order valence-corrected chi connectivity index (χ2v) is 8.96. The van der Waals surface area contributed by atoms with Gasteiger partial charge in [-0.2, -0.15) is 0 Å². The summed E-state index contributed by atoms with van der Waals surface area (Å²) in [7, 11) is 0. The Bertz CT molecular complexity index is 1280. The summed E-state index contributed by atoms with van der Waals surface area (Å²) in [5.41, 5.74) is 2.64. The Balaban J connectivity index is 1.86. The van der Waals surface area contributed by atoms with Gasteiger partial charge in [-0.15, -0.1) is 0 Å². The van der Waals surface area contributed by atoms with Gasteiger partial charge in [-0.3, -0.25) is 0 Å². The molecule has 4 rings (SSSR count). The molecular weight excluding hydrogens is 464 g/mol. The molecule has 0 amide bonds. The summed E-state index contributed by atoms with van der Waals surface area (Å²) >= 11 is 0.969. The maximum Gasteiger partial charge on any atom is 0.339 e. The van der Waals surface area contributed by atoms with E-state index in [2.05, 4.69) is 0 Å². The highest BCUT2D eigenvalue weighted by atomic mass is 32.2. The summed E-state index contributed by atoms with van der Waals surface area (Å²) in [5, 5.41) is 41.0. The number of rotatable bonds is 8. The third-order valence-corrected chi connectivity index (χ3v) is 6.89. The lowest BCUT2D eigenvalue weighted by Crippen LogP contribution is -2.03. The molecule has 7 heteroatoms. The Morgan fingerprint density at radius 2 is 0.943 bits per heavy atom. The lowest BCUT2D eigenvalue weighted by atomic mass is 10.0. The van der Waals surface area contributed by atoms with Crippen LogP contribution in [-0.2, 0) is 12.8 Å². The van der Waals surface area contributed by atoms with Crippen molar-refractivity contribution in [2.24, 2.45) is 0 Å². The fraction of sp³-hybridized carbons (Fsp3) is 0.0714. The number of aromatic hydroxyl groups is 2. The van der Waals surface area contributed by atoms with Crippen LogP contribution in [0.4, 0.5) is 0 Å². The molecule has 0 spiro atoms. The van der Waals surface area contributed by atoms with E-state index >= 15 is 0 Å². The second-order valence-electron chi connectivity index (χ2n) is 7.94. The molecule has 176 valence electrons. The molecule has 0 bridgehead atoms. The van der Waals surface area contributed by atoms with Gasteiger partial charge in [0.1, 0.15) is 22.6 Å². The molecule has 0 saturated carbocycles. The molecule has 0 aliphatic heterocycles. The smallest absolute Gasteiger partial charge is 0.339 e. The van der Waals surface area contributed by atoms with Crippen molar-refractivity contribution in [1.82, 2.24) is 0 Å². The van der Waals surface area contributed by atoms with Crippen molar-refractivity contribution in [2.75, 3.05) is 0 Å². The number of aromatic carboxylic acids is 2. The normalized spacial score (nSPS) is 10.7. The van der Waals surface area contributed by atoms with Gasteiger partial charge in [0.05, 0.1) is 9.79 Å². The molecule has 4 N–H and O–H groups in total. The molecule has 0 unspecified atom stereocenters. The average molecular weight is 487 g/mol. The van der Waals surface area contributed by atoms with Gasteiger partial charge >= 0.3 is 11.9 Å². The van der Waals surface area contributed by atoms with Crippen LogP contribution >= 0.6 is 11.8 Å². The molecule has 0 aromatic heterocycles. The first-order valence-corrected chi connectivity index (χ1v) is 11.6. The first-order valence-electron chi connectivity index (χ1n) is 10.8. The van der Waals surface area contributed by atoms with Gasteiger partial charge in [0, 0.05) is 0 Å². The van der Waals surface area contributed by atoms with Crippen LogP contribution in [0.2, 0.25) is 0 Å². The Morgan fingerprint density at radius 1 is 0.571 bits per heavy atom. The van der Waals surface area contributed by atoms with Crippen molar-refractivity contribution in [3.05, 3.63) is 118 Å². The lowest BCUT2D eigenvalue weighted by molar-refractivity contribution is 0.0682. The fourth-order valence-corrected chi connectivity index (χ4v) is 4.97. The summed E-state index contributed by atoms with van der Waals surface area (Å²) in [6.07, 6.45) is 0.814. The van der Waals surface area contributed by atoms with Crippen molar-refractivity contribution in [3.8, 4) is 11.5 Å². The van der Waals surface area contributed by atoms with Crippen LogP contribution in [0.3, 0.4) is 0 Å². The zero-order valence-electron chi connectivity index (χ0n) is 18.5. The van der Waals surface area contributed by atoms with Crippen molar-refractivity contribution in [3.63, 3.8) is 0 Å². The van der Waals surface area contributed by atoms with Gasteiger partial charge in [0.2, 0.25) is 0 Å². The van der Waals surface area contributed by atoms with E-state index in [1.54, 1.807) is 12.1 Å². The van der Waals surface area contributed by atoms with Gasteiger partial charge in [-0.25, -0.2) is 9.59 Å². The van der Waals surface area contributed by atoms with Gasteiger partial charge in [-0.1, -0.05) is 84.6 Å². The van der Waals surface area contributed by atoms with Crippen LogP contribution in [0, 0.1) is 0 Å². The molecule has 6 nitrogen and oxygen atoms in total. The van der Waals surface area contributed by atoms with E-state index in [1.165, 1.54) is 12.1 Å². The number of hydrogen-bond acceptors (Lipinski definition) is 5. The Hall–Kier alpha value is -4.23. The van der Waals surface area contributed by atoms with Crippen LogP contribution in [0.25, 0.3) is 0 Å². The van der Waals surface area contributed by atoms with E-state index < -0.39 is 23.4 Å². The van der Waals surface area contributed by atoms with Crippen LogP contribution in [-0.4, -0.2) is 32.4 Å². The van der Waals surface area contributed by atoms with Crippen molar-refractivity contribution in [2.45, 2.75) is 22.6 Å². The van der Waals surface area contributed by atoms with E-state index in [0.717, 1.165) is 22.9 Å². The quantitative estimate of drug-likeness (QED) is 0.248. The maximum atomic E-state index is 11.7. The number of benzene rings is 4. The largest absolute Gasteiger partial charge is 0.506 e. The molecule has 0 atom stereocenters. The summed E-state index contributed by atoms with van der Waals surface area (Å²) in [4.78, 5) is 23.9. The highest BCUT2D eigenvalue weighted by Crippen LogP contribution is 2.46. The third-order valence-electron chi connectivity index (χ3n) is 5.57. The average Bonchev–Trinajstić information content (AvgIpc) is 2.84. The molecular formula is C28H22O6S. The molecule has 0 aliphatic rings. The van der Waals surface area contributed by atoms with Gasteiger partial charge in [0.15, 0.2) is 0 Å². The standard InChI is InChI=1S/C28H22O6S/c29-23-21(27(31)32)13-11-19(15-17-7-3-1-4-8-17)25(23)35-26-20(16-18-9-5-2-6-10-18)12-14-22(24(26)30)28(33)34/h1-14,29-30H,15-16H2,(H,31,32)(H,33,34). The molecule has 35 heavy (non-hydrogen) atoms. The monoisotopic (exact) mass is 486 g/mol.